The summed E-state index contributed by atoms with van der Waals surface area (Å²) in [5, 5.41) is 4.89. The minimum Gasteiger partial charge on any atom is -0.495 e. The van der Waals surface area contributed by atoms with Crippen LogP contribution in [0.1, 0.15) is 40.3 Å². The average Bonchev–Trinajstić information content (AvgIpc) is 3.34. The van der Waals surface area contributed by atoms with Gasteiger partial charge >= 0.3 is 0 Å². The number of aromatic nitrogens is 2. The molecule has 0 radical (unpaired) electrons. The van der Waals surface area contributed by atoms with Crippen LogP contribution in [0.4, 0.5) is 5.69 Å². The van der Waals surface area contributed by atoms with Crippen molar-refractivity contribution in [2.45, 2.75) is 32.9 Å². The number of anilines is 1. The SMILES string of the molecule is COc1ccc(Cl)cc1-n1c(C)cc(C2C(c3ccccn3)NC(=S)N2c2cccc(C)c2)c1C. The van der Waals surface area contributed by atoms with Gasteiger partial charge in [-0.3, -0.25) is 4.98 Å². The molecule has 0 aliphatic carbocycles. The fourth-order valence-corrected chi connectivity index (χ4v) is 5.53. The highest BCUT2D eigenvalue weighted by atomic mass is 35.5. The third kappa shape index (κ3) is 4.17. The van der Waals surface area contributed by atoms with Crippen molar-refractivity contribution >= 4 is 34.6 Å². The number of hydrogen-bond donors (Lipinski definition) is 1. The maximum absolute atomic E-state index is 6.39. The molecule has 2 atom stereocenters. The van der Waals surface area contributed by atoms with Crippen molar-refractivity contribution in [1.29, 1.82) is 0 Å². The first kappa shape index (κ1) is 23.4. The first-order valence-electron chi connectivity index (χ1n) is 11.5. The fourth-order valence-electron chi connectivity index (χ4n) is 5.02. The van der Waals surface area contributed by atoms with Gasteiger partial charge in [0.2, 0.25) is 0 Å². The highest BCUT2D eigenvalue weighted by molar-refractivity contribution is 7.80. The number of methoxy groups -OCH3 is 1. The van der Waals surface area contributed by atoms with Crippen LogP contribution in [-0.4, -0.2) is 21.8 Å². The topological polar surface area (TPSA) is 42.3 Å². The molecule has 5 rings (SSSR count). The molecule has 4 aromatic rings. The standard InChI is InChI=1S/C28H27ClN4OS/c1-17-8-7-9-21(14-17)33-27(26(31-28(33)35)23-10-5-6-13-30-23)22-15-18(2)32(19(22)3)24-16-20(29)11-12-25(24)34-4/h5-16,26-27H,1-4H3,(H,31,35). The normalized spacial score (nSPS) is 17.5. The first-order chi connectivity index (χ1) is 16.9. The van der Waals surface area contributed by atoms with Gasteiger partial charge in [-0.15, -0.1) is 0 Å². The van der Waals surface area contributed by atoms with Crippen LogP contribution in [0, 0.1) is 20.8 Å². The second kappa shape index (κ2) is 9.36. The Labute approximate surface area is 216 Å². The summed E-state index contributed by atoms with van der Waals surface area (Å²) >= 11 is 12.3. The smallest absolute Gasteiger partial charge is 0.174 e. The van der Waals surface area contributed by atoms with Crippen LogP contribution in [0.25, 0.3) is 5.69 Å². The Balaban J connectivity index is 1.71. The first-order valence-corrected chi connectivity index (χ1v) is 12.3. The van der Waals surface area contributed by atoms with E-state index in [1.165, 1.54) is 5.56 Å². The zero-order valence-corrected chi connectivity index (χ0v) is 21.7. The predicted octanol–water partition coefficient (Wildman–Crippen LogP) is 6.64. The summed E-state index contributed by atoms with van der Waals surface area (Å²) in [6, 6.07) is 22.1. The van der Waals surface area contributed by atoms with Crippen molar-refractivity contribution < 1.29 is 4.74 Å². The summed E-state index contributed by atoms with van der Waals surface area (Å²) in [5.41, 5.74) is 7.42. The van der Waals surface area contributed by atoms with Gasteiger partial charge in [0.25, 0.3) is 0 Å². The molecular formula is C28H27ClN4OS. The van der Waals surface area contributed by atoms with E-state index in [1.807, 2.05) is 42.6 Å². The molecule has 0 bridgehead atoms. The van der Waals surface area contributed by atoms with Crippen LogP contribution in [0.3, 0.4) is 0 Å². The molecule has 7 heteroatoms. The van der Waals surface area contributed by atoms with Gasteiger partial charge in [0.05, 0.1) is 30.6 Å². The van der Waals surface area contributed by atoms with Crippen molar-refractivity contribution in [3.8, 4) is 11.4 Å². The van der Waals surface area contributed by atoms with Gasteiger partial charge in [-0.05, 0) is 92.6 Å². The number of rotatable bonds is 5. The molecule has 5 nitrogen and oxygen atoms in total. The molecule has 2 aromatic carbocycles. The number of ether oxygens (including phenoxy) is 1. The number of aryl methyl sites for hydroxylation is 2. The number of nitrogens with zero attached hydrogens (tertiary/aromatic N) is 3. The summed E-state index contributed by atoms with van der Waals surface area (Å²) < 4.78 is 7.88. The van der Waals surface area contributed by atoms with Gasteiger partial charge in [0.1, 0.15) is 5.75 Å². The molecule has 1 N–H and O–H groups in total. The minimum atomic E-state index is -0.112. The van der Waals surface area contributed by atoms with Crippen LogP contribution in [0.15, 0.2) is 72.9 Å². The Hall–Kier alpha value is -3.35. The van der Waals surface area contributed by atoms with Gasteiger partial charge in [-0.25, -0.2) is 0 Å². The van der Waals surface area contributed by atoms with E-state index < -0.39 is 0 Å². The Bertz CT molecular complexity index is 1400. The van der Waals surface area contributed by atoms with Gasteiger partial charge in [-0.2, -0.15) is 0 Å². The Morgan fingerprint density at radius 3 is 2.54 bits per heavy atom. The van der Waals surface area contributed by atoms with E-state index in [9.17, 15) is 0 Å². The summed E-state index contributed by atoms with van der Waals surface area (Å²) in [7, 11) is 1.68. The van der Waals surface area contributed by atoms with E-state index in [0.29, 0.717) is 10.1 Å². The van der Waals surface area contributed by atoms with Crippen LogP contribution < -0.4 is 15.0 Å². The number of benzene rings is 2. The van der Waals surface area contributed by atoms with E-state index in [-0.39, 0.29) is 12.1 Å². The van der Waals surface area contributed by atoms with Crippen LogP contribution in [0.5, 0.6) is 5.75 Å². The summed E-state index contributed by atoms with van der Waals surface area (Å²) in [6.07, 6.45) is 1.83. The van der Waals surface area contributed by atoms with E-state index in [1.54, 1.807) is 7.11 Å². The van der Waals surface area contributed by atoms with E-state index in [2.05, 4.69) is 70.9 Å². The molecule has 178 valence electrons. The molecule has 2 aromatic heterocycles. The second-order valence-corrected chi connectivity index (χ2v) is 9.64. The molecule has 2 unspecified atom stereocenters. The van der Waals surface area contributed by atoms with Crippen molar-refractivity contribution in [2.24, 2.45) is 0 Å². The molecule has 1 fully saturated rings. The molecule has 0 spiro atoms. The lowest BCUT2D eigenvalue weighted by Gasteiger charge is -2.28. The lowest BCUT2D eigenvalue weighted by molar-refractivity contribution is 0.412. The van der Waals surface area contributed by atoms with Gasteiger partial charge < -0.3 is 19.5 Å². The van der Waals surface area contributed by atoms with Crippen LogP contribution in [0.2, 0.25) is 5.02 Å². The quantitative estimate of drug-likeness (QED) is 0.310. The lowest BCUT2D eigenvalue weighted by atomic mass is 9.96. The van der Waals surface area contributed by atoms with Crippen molar-refractivity contribution in [3.63, 3.8) is 0 Å². The van der Waals surface area contributed by atoms with Gasteiger partial charge in [-0.1, -0.05) is 29.8 Å². The fraction of sp³-hybridized carbons (Fsp3) is 0.214. The molecule has 1 saturated heterocycles. The number of thiocarbonyl (C=S) groups is 1. The molecule has 0 amide bonds. The zero-order valence-electron chi connectivity index (χ0n) is 20.1. The van der Waals surface area contributed by atoms with Crippen molar-refractivity contribution in [2.75, 3.05) is 12.0 Å². The number of hydrogen-bond acceptors (Lipinski definition) is 3. The van der Waals surface area contributed by atoms with E-state index >= 15 is 0 Å². The maximum Gasteiger partial charge on any atom is 0.174 e. The molecule has 3 heterocycles. The Morgan fingerprint density at radius 2 is 1.83 bits per heavy atom. The molecule has 0 saturated carbocycles. The zero-order chi connectivity index (χ0) is 24.7. The average molecular weight is 503 g/mol. The number of halogens is 1. The third-order valence-electron chi connectivity index (χ3n) is 6.55. The van der Waals surface area contributed by atoms with Crippen molar-refractivity contribution in [1.82, 2.24) is 14.9 Å². The van der Waals surface area contributed by atoms with Crippen molar-refractivity contribution in [3.05, 3.63) is 106 Å². The summed E-state index contributed by atoms with van der Waals surface area (Å²) in [6.45, 7) is 6.33. The highest BCUT2D eigenvalue weighted by Crippen LogP contribution is 2.44. The van der Waals surface area contributed by atoms with Crippen LogP contribution in [-0.2, 0) is 0 Å². The molecular weight excluding hydrogens is 476 g/mol. The number of pyridine rings is 1. The van der Waals surface area contributed by atoms with E-state index in [0.717, 1.165) is 39.8 Å². The molecule has 1 aliphatic heterocycles. The predicted molar refractivity (Wildman–Crippen MR) is 146 cm³/mol. The summed E-state index contributed by atoms with van der Waals surface area (Å²) in [5.74, 6) is 0.764. The highest BCUT2D eigenvalue weighted by Gasteiger charge is 2.42. The molecule has 1 aliphatic rings. The number of nitrogens with one attached hydrogen (secondary N) is 1. The molecule has 35 heavy (non-hydrogen) atoms. The largest absolute Gasteiger partial charge is 0.495 e. The van der Waals surface area contributed by atoms with Gasteiger partial charge in [0.15, 0.2) is 5.11 Å². The minimum absolute atomic E-state index is 0.0932. The van der Waals surface area contributed by atoms with E-state index in [4.69, 9.17) is 28.6 Å². The Kier molecular flexibility index (Phi) is 6.26. The lowest BCUT2D eigenvalue weighted by Crippen LogP contribution is -2.29. The third-order valence-corrected chi connectivity index (χ3v) is 7.10. The second-order valence-electron chi connectivity index (χ2n) is 8.81. The monoisotopic (exact) mass is 502 g/mol. The van der Waals surface area contributed by atoms with Gasteiger partial charge in [0, 0.05) is 28.3 Å². The Morgan fingerprint density at radius 1 is 1.00 bits per heavy atom. The maximum atomic E-state index is 6.39. The van der Waals surface area contributed by atoms with Crippen LogP contribution >= 0.6 is 23.8 Å². The summed E-state index contributed by atoms with van der Waals surface area (Å²) in [4.78, 5) is 6.89.